The summed E-state index contributed by atoms with van der Waals surface area (Å²) in [6, 6.07) is 60.0. The standard InChI is InChI=1S/C54H45N3/c1-53(2)46-28-16-26-41(49(46)44-34-48-43(33-47(44)53)42-25-10-11-27-45(42)54(48)29-12-5-13-30-54)39-23-14-21-37(31-39)38-22-15-24-40(32-38)52-56-50(35-17-6-3-7-18-35)55-51(57-52)36-19-8-4-9-20-36/h3-4,6-11,14-28,31-34,52H,5,12-13,29-30H2,1-2H3,(H,55,56,57). The van der Waals surface area contributed by atoms with Crippen molar-refractivity contribution in [1.82, 2.24) is 5.32 Å². The van der Waals surface area contributed by atoms with Gasteiger partial charge in [-0.05, 0) is 109 Å². The molecule has 1 aliphatic heterocycles. The number of nitrogens with one attached hydrogen (secondary N) is 1. The van der Waals surface area contributed by atoms with Gasteiger partial charge >= 0.3 is 0 Å². The highest BCUT2D eigenvalue weighted by atomic mass is 15.2. The van der Waals surface area contributed by atoms with Gasteiger partial charge in [0, 0.05) is 22.0 Å². The Morgan fingerprint density at radius 1 is 0.439 bits per heavy atom. The highest BCUT2D eigenvalue weighted by Gasteiger charge is 2.46. The summed E-state index contributed by atoms with van der Waals surface area (Å²) < 4.78 is 0. The molecule has 1 N–H and O–H groups in total. The number of nitrogens with zero attached hydrogens (tertiary/aromatic N) is 2. The Bertz CT molecular complexity index is 2710. The normalized spacial score (nSPS) is 17.2. The summed E-state index contributed by atoms with van der Waals surface area (Å²) >= 11 is 0. The fourth-order valence-corrected chi connectivity index (χ4v) is 10.5. The molecule has 1 fully saturated rings. The Kier molecular flexibility index (Phi) is 7.83. The lowest BCUT2D eigenvalue weighted by Crippen LogP contribution is -2.35. The number of fused-ring (bicyclic) bond motifs is 8. The van der Waals surface area contributed by atoms with Crippen LogP contribution in [-0.4, -0.2) is 11.7 Å². The van der Waals surface area contributed by atoms with Gasteiger partial charge in [0.25, 0.3) is 0 Å². The fourth-order valence-electron chi connectivity index (χ4n) is 10.5. The molecule has 7 aromatic carbocycles. The first-order chi connectivity index (χ1) is 28.0. The van der Waals surface area contributed by atoms with E-state index in [2.05, 4.69) is 171 Å². The smallest absolute Gasteiger partial charge is 0.169 e. The molecule has 0 amide bonds. The van der Waals surface area contributed by atoms with Gasteiger partial charge in [-0.25, -0.2) is 9.98 Å². The van der Waals surface area contributed by atoms with Gasteiger partial charge < -0.3 is 5.32 Å². The predicted octanol–water partition coefficient (Wildman–Crippen LogP) is 13.1. The van der Waals surface area contributed by atoms with Crippen LogP contribution in [0.5, 0.6) is 0 Å². The SMILES string of the molecule is CC1(C)c2cc3c(cc2-c2c(-c4cccc(-c5cccc(C6N=C(c7ccccc7)NC(c7ccccc7)=N6)c5)c4)cccc21)C1(CCCCC1)c1ccccc1-3. The minimum atomic E-state index is -0.378. The van der Waals surface area contributed by atoms with Crippen molar-refractivity contribution >= 4 is 11.7 Å². The van der Waals surface area contributed by atoms with Crippen molar-refractivity contribution in [2.75, 3.05) is 0 Å². The van der Waals surface area contributed by atoms with Gasteiger partial charge in [-0.15, -0.1) is 0 Å². The van der Waals surface area contributed by atoms with E-state index in [1.54, 1.807) is 11.1 Å². The second kappa shape index (κ2) is 13.1. The molecule has 0 atom stereocenters. The maximum absolute atomic E-state index is 5.16. The highest BCUT2D eigenvalue weighted by molar-refractivity contribution is 6.15. The third kappa shape index (κ3) is 5.40. The minimum Gasteiger partial charge on any atom is -0.324 e. The van der Waals surface area contributed by atoms with Crippen LogP contribution >= 0.6 is 0 Å². The average molecular weight is 736 g/mol. The summed E-state index contributed by atoms with van der Waals surface area (Å²) in [6.45, 7) is 4.84. The Morgan fingerprint density at radius 2 is 1.00 bits per heavy atom. The first-order valence-electron chi connectivity index (χ1n) is 20.6. The number of hydrogen-bond donors (Lipinski definition) is 1. The topological polar surface area (TPSA) is 36.8 Å². The summed E-state index contributed by atoms with van der Waals surface area (Å²) in [5.74, 6) is 1.65. The monoisotopic (exact) mass is 735 g/mol. The van der Waals surface area contributed by atoms with Gasteiger partial charge in [0.15, 0.2) is 6.17 Å². The van der Waals surface area contributed by atoms with Crippen molar-refractivity contribution in [3.63, 3.8) is 0 Å². The highest BCUT2D eigenvalue weighted by Crippen LogP contribution is 2.60. The summed E-state index contributed by atoms with van der Waals surface area (Å²) in [7, 11) is 0. The predicted molar refractivity (Wildman–Crippen MR) is 236 cm³/mol. The Labute approximate surface area is 335 Å². The lowest BCUT2D eigenvalue weighted by molar-refractivity contribution is 0.353. The molecule has 0 unspecified atom stereocenters. The first-order valence-corrected chi connectivity index (χ1v) is 20.6. The number of rotatable bonds is 5. The molecule has 0 radical (unpaired) electrons. The van der Waals surface area contributed by atoms with Gasteiger partial charge in [0.2, 0.25) is 0 Å². The molecule has 0 bridgehead atoms. The average Bonchev–Trinajstić information content (AvgIpc) is 3.67. The third-order valence-electron chi connectivity index (χ3n) is 13.3. The molecule has 1 saturated carbocycles. The van der Waals surface area contributed by atoms with Gasteiger partial charge in [-0.3, -0.25) is 0 Å². The molecule has 57 heavy (non-hydrogen) atoms. The number of amidine groups is 2. The molecule has 7 aromatic rings. The van der Waals surface area contributed by atoms with E-state index in [0.29, 0.717) is 0 Å². The van der Waals surface area contributed by atoms with Crippen molar-refractivity contribution in [2.45, 2.75) is 62.9 Å². The molecule has 3 aliphatic carbocycles. The summed E-state index contributed by atoms with van der Waals surface area (Å²) in [5, 5.41) is 3.53. The van der Waals surface area contributed by atoms with Gasteiger partial charge in [-0.2, -0.15) is 0 Å². The molecule has 3 heteroatoms. The van der Waals surface area contributed by atoms with E-state index >= 15 is 0 Å². The molecule has 1 spiro atoms. The van der Waals surface area contributed by atoms with Crippen molar-refractivity contribution in [3.05, 3.63) is 203 Å². The molecule has 3 nitrogen and oxygen atoms in total. The van der Waals surface area contributed by atoms with E-state index in [1.807, 2.05) is 12.1 Å². The largest absolute Gasteiger partial charge is 0.324 e. The number of benzene rings is 7. The second-order valence-corrected chi connectivity index (χ2v) is 16.9. The molecule has 4 aliphatic rings. The fraction of sp³-hybridized carbons (Fsp3) is 0.185. The van der Waals surface area contributed by atoms with Crippen LogP contribution in [0.2, 0.25) is 0 Å². The van der Waals surface area contributed by atoms with Crippen LogP contribution < -0.4 is 5.32 Å². The van der Waals surface area contributed by atoms with Crippen LogP contribution in [0, 0.1) is 0 Å². The van der Waals surface area contributed by atoms with E-state index in [4.69, 9.17) is 9.98 Å². The van der Waals surface area contributed by atoms with Crippen LogP contribution in [0.1, 0.15) is 91.1 Å². The van der Waals surface area contributed by atoms with Gasteiger partial charge in [0.1, 0.15) is 11.7 Å². The van der Waals surface area contributed by atoms with Crippen molar-refractivity contribution in [1.29, 1.82) is 0 Å². The van der Waals surface area contributed by atoms with E-state index < -0.39 is 0 Å². The van der Waals surface area contributed by atoms with Gasteiger partial charge in [0.05, 0.1) is 0 Å². The van der Waals surface area contributed by atoms with Crippen molar-refractivity contribution < 1.29 is 0 Å². The van der Waals surface area contributed by atoms with Crippen molar-refractivity contribution in [3.8, 4) is 44.5 Å². The summed E-state index contributed by atoms with van der Waals surface area (Å²) in [6.07, 6.45) is 6.03. The minimum absolute atomic E-state index is 0.105. The maximum atomic E-state index is 5.16. The molecule has 1 heterocycles. The molecule has 0 saturated heterocycles. The van der Waals surface area contributed by atoms with E-state index in [1.165, 1.54) is 82.2 Å². The molecule has 11 rings (SSSR count). The van der Waals surface area contributed by atoms with Crippen LogP contribution in [0.15, 0.2) is 174 Å². The third-order valence-corrected chi connectivity index (χ3v) is 13.3. The molecular formula is C54H45N3. The van der Waals surface area contributed by atoms with E-state index in [0.717, 1.165) is 33.9 Å². The second-order valence-electron chi connectivity index (χ2n) is 16.9. The van der Waals surface area contributed by atoms with Crippen LogP contribution in [-0.2, 0) is 10.8 Å². The first kappa shape index (κ1) is 34.0. The van der Waals surface area contributed by atoms with Crippen LogP contribution in [0.3, 0.4) is 0 Å². The zero-order valence-corrected chi connectivity index (χ0v) is 32.6. The number of hydrogen-bond acceptors (Lipinski definition) is 3. The number of aliphatic imine (C=N–C) groups is 2. The maximum Gasteiger partial charge on any atom is 0.169 e. The summed E-state index contributed by atoms with van der Waals surface area (Å²) in [5.41, 5.74) is 19.7. The Morgan fingerprint density at radius 3 is 1.74 bits per heavy atom. The zero-order valence-electron chi connectivity index (χ0n) is 32.6. The van der Waals surface area contributed by atoms with E-state index in [9.17, 15) is 0 Å². The van der Waals surface area contributed by atoms with Crippen molar-refractivity contribution in [2.24, 2.45) is 9.98 Å². The van der Waals surface area contributed by atoms with Crippen LogP contribution in [0.25, 0.3) is 44.5 Å². The zero-order chi connectivity index (χ0) is 38.1. The van der Waals surface area contributed by atoms with Gasteiger partial charge in [-0.1, -0.05) is 173 Å². The lowest BCUT2D eigenvalue weighted by atomic mass is 9.67. The Balaban J connectivity index is 1.00. The Hall–Kier alpha value is -6.32. The molecule has 0 aromatic heterocycles. The summed E-state index contributed by atoms with van der Waals surface area (Å²) in [4.78, 5) is 10.3. The van der Waals surface area contributed by atoms with Crippen LogP contribution in [0.4, 0.5) is 0 Å². The quantitative estimate of drug-likeness (QED) is 0.188. The molecular weight excluding hydrogens is 691 g/mol. The van der Waals surface area contributed by atoms with E-state index in [-0.39, 0.29) is 17.0 Å². The lowest BCUT2D eigenvalue weighted by Gasteiger charge is -2.36. The molecule has 276 valence electrons.